The van der Waals surface area contributed by atoms with Crippen LogP contribution in [0.4, 0.5) is 0 Å². The summed E-state index contributed by atoms with van der Waals surface area (Å²) in [5.74, 6) is -0.138. The second-order valence-corrected chi connectivity index (χ2v) is 8.01. The van der Waals surface area contributed by atoms with Gasteiger partial charge in [-0.3, -0.25) is 20.4 Å². The van der Waals surface area contributed by atoms with E-state index in [9.17, 15) is 9.59 Å². The molecule has 2 amide bonds. The first kappa shape index (κ1) is 21.1. The molecule has 0 aliphatic rings. The predicted molar refractivity (Wildman–Crippen MR) is 118 cm³/mol. The Morgan fingerprint density at radius 2 is 1.69 bits per heavy atom. The summed E-state index contributed by atoms with van der Waals surface area (Å²) in [4.78, 5) is 25.0. The van der Waals surface area contributed by atoms with Gasteiger partial charge in [-0.25, -0.2) is 0 Å². The van der Waals surface area contributed by atoms with Crippen molar-refractivity contribution >= 4 is 44.8 Å². The van der Waals surface area contributed by atoms with Gasteiger partial charge in [-0.15, -0.1) is 11.3 Å². The van der Waals surface area contributed by atoms with Crippen LogP contribution in [0.15, 0.2) is 48.5 Å². The van der Waals surface area contributed by atoms with Crippen molar-refractivity contribution in [3.8, 4) is 5.75 Å². The molecule has 5 nitrogen and oxygen atoms in total. The molecule has 1 heterocycles. The minimum absolute atomic E-state index is 0.361. The molecule has 0 radical (unpaired) electrons. The van der Waals surface area contributed by atoms with E-state index in [1.54, 1.807) is 24.3 Å². The fourth-order valence-electron chi connectivity index (χ4n) is 2.82. The summed E-state index contributed by atoms with van der Waals surface area (Å²) >= 11 is 7.58. The third kappa shape index (κ3) is 5.49. The molecule has 0 unspecified atom stereocenters. The van der Waals surface area contributed by atoms with Gasteiger partial charge >= 0.3 is 0 Å². The molecule has 3 aromatic rings. The maximum Gasteiger partial charge on any atom is 0.281 e. The highest BCUT2D eigenvalue weighted by Crippen LogP contribution is 2.34. The summed E-state index contributed by atoms with van der Waals surface area (Å²) in [6.45, 7) is 2.84. The van der Waals surface area contributed by atoms with Crippen LogP contribution in [-0.2, 0) is 0 Å². The summed E-state index contributed by atoms with van der Waals surface area (Å²) in [5, 5.41) is 1.21. The van der Waals surface area contributed by atoms with Crippen molar-refractivity contribution in [2.45, 2.75) is 32.6 Å². The second-order valence-electron chi connectivity index (χ2n) is 6.58. The zero-order valence-corrected chi connectivity index (χ0v) is 17.7. The van der Waals surface area contributed by atoms with E-state index in [1.807, 2.05) is 24.3 Å². The summed E-state index contributed by atoms with van der Waals surface area (Å²) in [5.41, 5.74) is 5.27. The molecule has 7 heteroatoms. The zero-order chi connectivity index (χ0) is 20.6. The van der Waals surface area contributed by atoms with E-state index >= 15 is 0 Å². The highest BCUT2D eigenvalue weighted by molar-refractivity contribution is 7.21. The number of halogens is 1. The number of rotatable bonds is 8. The van der Waals surface area contributed by atoms with E-state index in [0.717, 1.165) is 28.7 Å². The molecule has 2 N–H and O–H groups in total. The van der Waals surface area contributed by atoms with E-state index in [-0.39, 0.29) is 0 Å². The molecular formula is C22H23ClN2O3S. The van der Waals surface area contributed by atoms with E-state index < -0.39 is 11.8 Å². The summed E-state index contributed by atoms with van der Waals surface area (Å²) in [6, 6.07) is 14.3. The average Bonchev–Trinajstić information content (AvgIpc) is 3.09. The van der Waals surface area contributed by atoms with Crippen LogP contribution in [0.1, 0.15) is 52.6 Å². The smallest absolute Gasteiger partial charge is 0.281 e. The van der Waals surface area contributed by atoms with Crippen LogP contribution in [0.5, 0.6) is 5.75 Å². The number of nitrogens with one attached hydrogen (secondary N) is 2. The van der Waals surface area contributed by atoms with Crippen LogP contribution in [0, 0.1) is 0 Å². The number of carbonyl (C=O) groups excluding carboxylic acids is 2. The van der Waals surface area contributed by atoms with Crippen molar-refractivity contribution < 1.29 is 14.3 Å². The van der Waals surface area contributed by atoms with E-state index in [1.165, 1.54) is 24.2 Å². The van der Waals surface area contributed by atoms with Crippen LogP contribution < -0.4 is 15.6 Å². The lowest BCUT2D eigenvalue weighted by Gasteiger charge is -2.08. The minimum Gasteiger partial charge on any atom is -0.494 e. The van der Waals surface area contributed by atoms with Crippen LogP contribution in [0.2, 0.25) is 5.02 Å². The molecule has 2 aromatic carbocycles. The van der Waals surface area contributed by atoms with Crippen molar-refractivity contribution in [3.63, 3.8) is 0 Å². The molecule has 1 aromatic heterocycles. The quantitative estimate of drug-likeness (QED) is 0.361. The largest absolute Gasteiger partial charge is 0.494 e. The Morgan fingerprint density at radius 1 is 0.966 bits per heavy atom. The lowest BCUT2D eigenvalue weighted by molar-refractivity contribution is 0.0849. The van der Waals surface area contributed by atoms with Crippen molar-refractivity contribution in [2.75, 3.05) is 6.61 Å². The van der Waals surface area contributed by atoms with Crippen molar-refractivity contribution in [3.05, 3.63) is 64.0 Å². The molecule has 0 aliphatic carbocycles. The Bertz CT molecular complexity index is 985. The number of hydrazine groups is 1. The third-order valence-electron chi connectivity index (χ3n) is 4.41. The number of hydrogen-bond acceptors (Lipinski definition) is 4. The maximum atomic E-state index is 12.4. The summed E-state index contributed by atoms with van der Waals surface area (Å²) in [6.07, 6.45) is 4.57. The number of benzene rings is 2. The normalized spacial score (nSPS) is 10.7. The molecule has 0 aliphatic heterocycles. The highest BCUT2D eigenvalue weighted by atomic mass is 35.5. The predicted octanol–water partition coefficient (Wildman–Crippen LogP) is 5.59. The lowest BCUT2D eigenvalue weighted by Crippen LogP contribution is -2.41. The first-order chi connectivity index (χ1) is 14.1. The van der Waals surface area contributed by atoms with Gasteiger partial charge in [0.25, 0.3) is 11.8 Å². The highest BCUT2D eigenvalue weighted by Gasteiger charge is 2.17. The molecule has 0 bridgehead atoms. The number of carbonyl (C=O) groups is 2. The number of hydrogen-bond donors (Lipinski definition) is 2. The number of ether oxygens (including phenoxy) is 1. The first-order valence-corrected chi connectivity index (χ1v) is 10.8. The second kappa shape index (κ2) is 10.3. The van der Waals surface area contributed by atoms with Gasteiger partial charge in [0.15, 0.2) is 0 Å². The van der Waals surface area contributed by atoms with Crippen LogP contribution >= 0.6 is 22.9 Å². The monoisotopic (exact) mass is 430 g/mol. The van der Waals surface area contributed by atoms with Gasteiger partial charge in [-0.05, 0) is 36.8 Å². The van der Waals surface area contributed by atoms with Gasteiger partial charge in [0.1, 0.15) is 10.6 Å². The standard InChI is InChI=1S/C22H23ClN2O3S/c1-2-3-4-7-14-28-16-12-10-15(11-13-16)21(26)24-25-22(27)20-19(23)17-8-5-6-9-18(17)29-20/h5-6,8-13H,2-4,7,14H2,1H3,(H,24,26)(H,25,27). The maximum absolute atomic E-state index is 12.4. The summed E-state index contributed by atoms with van der Waals surface area (Å²) in [7, 11) is 0. The van der Waals surface area contributed by atoms with Gasteiger partial charge in [-0.1, -0.05) is 56.0 Å². The van der Waals surface area contributed by atoms with Crippen molar-refractivity contribution in [2.24, 2.45) is 0 Å². The number of fused-ring (bicyclic) bond motifs is 1. The van der Waals surface area contributed by atoms with Crippen molar-refractivity contribution in [1.82, 2.24) is 10.9 Å². The van der Waals surface area contributed by atoms with Gasteiger partial charge in [0.2, 0.25) is 0 Å². The molecule has 0 atom stereocenters. The third-order valence-corrected chi connectivity index (χ3v) is 6.09. The SMILES string of the molecule is CCCCCCOc1ccc(C(=O)NNC(=O)c2sc3ccccc3c2Cl)cc1. The average molecular weight is 431 g/mol. The molecule has 29 heavy (non-hydrogen) atoms. The molecule has 0 fully saturated rings. The Morgan fingerprint density at radius 3 is 2.41 bits per heavy atom. The topological polar surface area (TPSA) is 67.4 Å². The van der Waals surface area contributed by atoms with Crippen LogP contribution in [0.3, 0.4) is 0 Å². The molecule has 0 spiro atoms. The van der Waals surface area contributed by atoms with Crippen LogP contribution in [0.25, 0.3) is 10.1 Å². The van der Waals surface area contributed by atoms with Gasteiger partial charge < -0.3 is 4.74 Å². The molecule has 0 saturated heterocycles. The molecule has 0 saturated carbocycles. The minimum atomic E-state index is -0.448. The molecular weight excluding hydrogens is 408 g/mol. The van der Waals surface area contributed by atoms with Gasteiger partial charge in [-0.2, -0.15) is 0 Å². The van der Waals surface area contributed by atoms with E-state index in [0.29, 0.717) is 22.1 Å². The van der Waals surface area contributed by atoms with Crippen LogP contribution in [-0.4, -0.2) is 18.4 Å². The number of thiophene rings is 1. The van der Waals surface area contributed by atoms with Gasteiger partial charge in [0.05, 0.1) is 11.6 Å². The van der Waals surface area contributed by atoms with E-state index in [2.05, 4.69) is 17.8 Å². The number of unbranched alkanes of at least 4 members (excludes halogenated alkanes) is 3. The zero-order valence-electron chi connectivity index (χ0n) is 16.2. The number of amides is 2. The molecule has 3 rings (SSSR count). The summed E-state index contributed by atoms with van der Waals surface area (Å²) < 4.78 is 6.59. The van der Waals surface area contributed by atoms with E-state index in [4.69, 9.17) is 16.3 Å². The molecule has 152 valence electrons. The van der Waals surface area contributed by atoms with Gasteiger partial charge in [0, 0.05) is 15.6 Å². The lowest BCUT2D eigenvalue weighted by atomic mass is 10.2. The Hall–Kier alpha value is -2.57. The Labute approximate surface area is 179 Å². The fourth-order valence-corrected chi connectivity index (χ4v) is 4.24. The Balaban J connectivity index is 1.52. The Kier molecular flexibility index (Phi) is 7.49. The first-order valence-electron chi connectivity index (χ1n) is 9.60. The fraction of sp³-hybridized carbons (Fsp3) is 0.273. The van der Waals surface area contributed by atoms with Crippen molar-refractivity contribution in [1.29, 1.82) is 0 Å².